The minimum Gasteiger partial charge on any atom is -0.497 e. The second kappa shape index (κ2) is 7.85. The molecule has 0 N–H and O–H groups in total. The fraction of sp³-hybridized carbons (Fsp3) is 0.346. The van der Waals surface area contributed by atoms with Crippen molar-refractivity contribution in [3.8, 4) is 5.75 Å². The zero-order valence-corrected chi connectivity index (χ0v) is 19.9. The van der Waals surface area contributed by atoms with Crippen LogP contribution < -0.4 is 9.64 Å². The molecule has 1 aliphatic heterocycles. The van der Waals surface area contributed by atoms with Crippen molar-refractivity contribution in [3.63, 3.8) is 0 Å². The first-order valence-electron chi connectivity index (χ1n) is 11.3. The zero-order valence-electron chi connectivity index (χ0n) is 18.4. The molecule has 2 saturated carbocycles. The van der Waals surface area contributed by atoms with Gasteiger partial charge in [0.2, 0.25) is 11.8 Å². The van der Waals surface area contributed by atoms with Crippen LogP contribution in [-0.2, 0) is 9.59 Å². The van der Waals surface area contributed by atoms with E-state index in [0.29, 0.717) is 33.9 Å². The van der Waals surface area contributed by atoms with E-state index in [-0.39, 0.29) is 47.2 Å². The molecule has 0 aromatic heterocycles. The topological polar surface area (TPSA) is 66.9 Å². The molecule has 2 aromatic carbocycles. The van der Waals surface area contributed by atoms with E-state index in [1.807, 2.05) is 0 Å². The van der Waals surface area contributed by atoms with E-state index in [4.69, 9.17) is 27.9 Å². The minimum absolute atomic E-state index is 0.123. The average molecular weight is 497 g/mol. The van der Waals surface area contributed by atoms with Crippen molar-refractivity contribution < 1.29 is 19.1 Å². The van der Waals surface area contributed by atoms with Crippen LogP contribution in [0.2, 0.25) is 10.0 Å². The summed E-state index contributed by atoms with van der Waals surface area (Å²) >= 11 is 12.2. The highest BCUT2D eigenvalue weighted by molar-refractivity contribution is 6.42. The molecule has 34 heavy (non-hydrogen) atoms. The Balaban J connectivity index is 1.35. The molecule has 2 aromatic rings. The lowest BCUT2D eigenvalue weighted by Gasteiger charge is -2.37. The Bertz CT molecular complexity index is 1230. The predicted molar refractivity (Wildman–Crippen MR) is 128 cm³/mol. The highest BCUT2D eigenvalue weighted by atomic mass is 35.5. The van der Waals surface area contributed by atoms with Crippen LogP contribution in [0.4, 0.5) is 5.69 Å². The molecule has 8 heteroatoms. The molecule has 6 nitrogen and oxygen atoms in total. The monoisotopic (exact) mass is 496 g/mol. The fourth-order valence-electron chi connectivity index (χ4n) is 6.13. The number of ether oxygens (including phenoxy) is 1. The van der Waals surface area contributed by atoms with Crippen molar-refractivity contribution in [1.82, 2.24) is 4.90 Å². The number of halogens is 2. The first kappa shape index (κ1) is 21.7. The summed E-state index contributed by atoms with van der Waals surface area (Å²) < 4.78 is 5.34. The van der Waals surface area contributed by atoms with Gasteiger partial charge in [-0.15, -0.1) is 0 Å². The summed E-state index contributed by atoms with van der Waals surface area (Å²) in [5, 5.41) is 0.584. The second-order valence-electron chi connectivity index (χ2n) is 9.46. The van der Waals surface area contributed by atoms with E-state index in [1.165, 1.54) is 23.0 Å². The van der Waals surface area contributed by atoms with Crippen molar-refractivity contribution in [1.29, 1.82) is 0 Å². The summed E-state index contributed by atoms with van der Waals surface area (Å²) in [6, 6.07) is 11.6. The number of imide groups is 1. The Labute approximate surface area is 207 Å². The number of carbonyl (C=O) groups excluding carboxylic acids is 3. The van der Waals surface area contributed by atoms with Crippen LogP contribution in [0, 0.1) is 35.5 Å². The molecule has 1 heterocycles. The minimum atomic E-state index is -0.397. The van der Waals surface area contributed by atoms with Crippen LogP contribution in [0.1, 0.15) is 16.8 Å². The molecule has 5 aliphatic rings. The van der Waals surface area contributed by atoms with Crippen LogP contribution in [0.15, 0.2) is 54.6 Å². The number of anilines is 1. The van der Waals surface area contributed by atoms with Crippen LogP contribution in [-0.4, -0.2) is 36.4 Å². The largest absolute Gasteiger partial charge is 0.497 e. The fourth-order valence-corrected chi connectivity index (χ4v) is 6.42. The number of hydrogen-bond donors (Lipinski definition) is 0. The average Bonchev–Trinajstić information content (AvgIpc) is 3.64. The number of benzene rings is 2. The quantitative estimate of drug-likeness (QED) is 0.445. The number of methoxy groups -OCH3 is 1. The van der Waals surface area contributed by atoms with Crippen LogP contribution in [0.25, 0.3) is 0 Å². The third-order valence-corrected chi connectivity index (χ3v) is 8.55. The van der Waals surface area contributed by atoms with Crippen molar-refractivity contribution in [2.75, 3.05) is 18.7 Å². The molecule has 0 radical (unpaired) electrons. The molecule has 6 unspecified atom stereocenters. The van der Waals surface area contributed by atoms with Crippen molar-refractivity contribution in [3.05, 3.63) is 70.2 Å². The molecule has 2 bridgehead atoms. The number of likely N-dealkylation sites (tertiary alicyclic amines) is 1. The first-order chi connectivity index (χ1) is 16.4. The van der Waals surface area contributed by atoms with Gasteiger partial charge in [0.1, 0.15) is 12.4 Å². The van der Waals surface area contributed by atoms with Crippen LogP contribution in [0.5, 0.6) is 5.75 Å². The van der Waals surface area contributed by atoms with E-state index >= 15 is 0 Å². The number of amides is 3. The molecule has 3 amide bonds. The predicted octanol–water partition coefficient (Wildman–Crippen LogP) is 4.66. The third kappa shape index (κ3) is 3.19. The molecule has 3 fully saturated rings. The van der Waals surface area contributed by atoms with Crippen LogP contribution >= 0.6 is 23.2 Å². The summed E-state index contributed by atoms with van der Waals surface area (Å²) in [7, 11) is 1.54. The normalized spacial score (nSPS) is 30.3. The number of carbonyl (C=O) groups is 3. The first-order valence-corrected chi connectivity index (χ1v) is 12.1. The lowest BCUT2D eigenvalue weighted by atomic mass is 9.63. The maximum atomic E-state index is 13.6. The Morgan fingerprint density at radius 1 is 1.00 bits per heavy atom. The molecule has 1 saturated heterocycles. The molecule has 174 valence electrons. The second-order valence-corrected chi connectivity index (χ2v) is 10.3. The molecule has 0 spiro atoms. The lowest BCUT2D eigenvalue weighted by molar-refractivity contribution is -0.140. The number of rotatable bonds is 5. The molecular weight excluding hydrogens is 475 g/mol. The zero-order chi connectivity index (χ0) is 23.7. The van der Waals surface area contributed by atoms with Gasteiger partial charge in [-0.05, 0) is 60.4 Å². The van der Waals surface area contributed by atoms with Crippen molar-refractivity contribution in [2.24, 2.45) is 35.5 Å². The molecule has 6 atom stereocenters. The summed E-state index contributed by atoms with van der Waals surface area (Å²) in [5.74, 6) is 0.419. The van der Waals surface area contributed by atoms with Gasteiger partial charge in [0.15, 0.2) is 0 Å². The number of allylic oxidation sites excluding steroid dienone is 2. The van der Waals surface area contributed by atoms with Gasteiger partial charge in [-0.3, -0.25) is 24.2 Å². The van der Waals surface area contributed by atoms with Gasteiger partial charge >= 0.3 is 0 Å². The van der Waals surface area contributed by atoms with Crippen molar-refractivity contribution in [2.45, 2.75) is 6.42 Å². The van der Waals surface area contributed by atoms with Gasteiger partial charge in [0, 0.05) is 17.3 Å². The standard InChI is InChI=1S/C26H22Cl2N2O4/c1-34-15-4-2-3-14(10-15)29(24(31)13-5-8-20(27)21(28)9-13)12-30-25(32)22-16-6-7-17(19-11-18(16)19)23(22)26(30)33/h2-10,16-19,22-23H,11-12H2,1H3. The van der Waals surface area contributed by atoms with Gasteiger partial charge in [0.05, 0.1) is 29.0 Å². The highest BCUT2D eigenvalue weighted by Gasteiger charge is 2.67. The van der Waals surface area contributed by atoms with E-state index in [9.17, 15) is 14.4 Å². The maximum Gasteiger partial charge on any atom is 0.259 e. The van der Waals surface area contributed by atoms with E-state index in [1.54, 1.807) is 36.4 Å². The Kier molecular flexibility index (Phi) is 5.01. The Morgan fingerprint density at radius 2 is 1.68 bits per heavy atom. The van der Waals surface area contributed by atoms with Gasteiger partial charge in [-0.25, -0.2) is 0 Å². The van der Waals surface area contributed by atoms with Crippen molar-refractivity contribution >= 4 is 46.6 Å². The van der Waals surface area contributed by atoms with Gasteiger partial charge < -0.3 is 4.74 Å². The molecule has 7 rings (SSSR count). The summed E-state index contributed by atoms with van der Waals surface area (Å²) in [6.07, 6.45) is 5.37. The smallest absolute Gasteiger partial charge is 0.259 e. The van der Waals surface area contributed by atoms with Gasteiger partial charge in [-0.2, -0.15) is 0 Å². The highest BCUT2D eigenvalue weighted by Crippen LogP contribution is 2.65. The summed E-state index contributed by atoms with van der Waals surface area (Å²) in [5.41, 5.74) is 0.812. The number of hydrogen-bond acceptors (Lipinski definition) is 4. The number of nitrogens with zero attached hydrogens (tertiary/aromatic N) is 2. The van der Waals surface area contributed by atoms with Crippen LogP contribution in [0.3, 0.4) is 0 Å². The van der Waals surface area contributed by atoms with E-state index in [0.717, 1.165) is 6.42 Å². The summed E-state index contributed by atoms with van der Waals surface area (Å²) in [6.45, 7) is -0.175. The Hall–Kier alpha value is -2.83. The third-order valence-electron chi connectivity index (χ3n) is 7.81. The SMILES string of the molecule is COc1cccc(N(CN2C(=O)C3C4C=CC(C5CC45)C3C2=O)C(=O)c2ccc(Cl)c(Cl)c2)c1. The molecular formula is C26H22Cl2N2O4. The van der Waals surface area contributed by atoms with Gasteiger partial charge in [0.25, 0.3) is 5.91 Å². The maximum absolute atomic E-state index is 13.6. The van der Waals surface area contributed by atoms with E-state index in [2.05, 4.69) is 12.2 Å². The van der Waals surface area contributed by atoms with E-state index < -0.39 is 5.91 Å². The summed E-state index contributed by atoms with van der Waals surface area (Å²) in [4.78, 5) is 43.4. The van der Waals surface area contributed by atoms with Gasteiger partial charge in [-0.1, -0.05) is 41.4 Å². The Morgan fingerprint density at radius 3 is 2.29 bits per heavy atom. The molecule has 4 aliphatic carbocycles. The lowest BCUT2D eigenvalue weighted by Crippen LogP contribution is -2.45.